The molecule has 150 valence electrons. The topological polar surface area (TPSA) is 93.8 Å². The lowest BCUT2D eigenvalue weighted by molar-refractivity contribution is -0.384. The molecule has 5 rings (SSSR count). The summed E-state index contributed by atoms with van der Waals surface area (Å²) in [7, 11) is 0. The second kappa shape index (κ2) is 7.38. The van der Waals surface area contributed by atoms with Gasteiger partial charge in [0.15, 0.2) is 0 Å². The molecule has 0 atom stereocenters. The Morgan fingerprint density at radius 1 is 0.903 bits per heavy atom. The monoisotopic (exact) mass is 408 g/mol. The molecule has 31 heavy (non-hydrogen) atoms. The second-order valence-corrected chi connectivity index (χ2v) is 7.00. The highest BCUT2D eigenvalue weighted by Crippen LogP contribution is 2.25. The van der Waals surface area contributed by atoms with Gasteiger partial charge in [0.05, 0.1) is 15.8 Å². The number of nitrogens with one attached hydrogen (secondary N) is 1. The summed E-state index contributed by atoms with van der Waals surface area (Å²) in [4.78, 5) is 32.3. The van der Waals surface area contributed by atoms with Gasteiger partial charge in [-0.2, -0.15) is 0 Å². The lowest BCUT2D eigenvalue weighted by Gasteiger charge is -2.11. The molecule has 0 saturated carbocycles. The van der Waals surface area contributed by atoms with Crippen molar-refractivity contribution in [1.29, 1.82) is 0 Å². The second-order valence-electron chi connectivity index (χ2n) is 7.00. The number of H-pyrrole nitrogens is 1. The van der Waals surface area contributed by atoms with Gasteiger partial charge in [-0.1, -0.05) is 42.5 Å². The number of nitrogens with zero attached hydrogens (tertiary/aromatic N) is 3. The van der Waals surface area contributed by atoms with Crippen molar-refractivity contribution in [2.24, 2.45) is 0 Å². The molecule has 2 aromatic heterocycles. The maximum atomic E-state index is 13.4. The predicted molar refractivity (Wildman–Crippen MR) is 121 cm³/mol. The molecule has 0 aliphatic carbocycles. The van der Waals surface area contributed by atoms with Gasteiger partial charge in [-0.25, -0.2) is 4.98 Å². The van der Waals surface area contributed by atoms with E-state index in [1.54, 1.807) is 48.5 Å². The number of hydrogen-bond donors (Lipinski definition) is 1. The SMILES string of the molecule is O=c1c2ccccc2nc(C=Cc2c[nH]c3ccccc23)n1-c1ccccc1[N+](=O)[O-]. The molecular weight excluding hydrogens is 392 g/mol. The molecule has 1 N–H and O–H groups in total. The molecule has 0 fully saturated rings. The van der Waals surface area contributed by atoms with Crippen LogP contribution in [0, 0.1) is 10.1 Å². The third-order valence-electron chi connectivity index (χ3n) is 5.15. The van der Waals surface area contributed by atoms with Crippen LogP contribution in [0.15, 0.2) is 83.8 Å². The van der Waals surface area contributed by atoms with Gasteiger partial charge in [-0.15, -0.1) is 0 Å². The van der Waals surface area contributed by atoms with Crippen molar-refractivity contribution in [3.63, 3.8) is 0 Å². The lowest BCUT2D eigenvalue weighted by Crippen LogP contribution is -2.23. The summed E-state index contributed by atoms with van der Waals surface area (Å²) in [6, 6.07) is 21.0. The van der Waals surface area contributed by atoms with Crippen LogP contribution < -0.4 is 5.56 Å². The quantitative estimate of drug-likeness (QED) is 0.336. The molecule has 3 aromatic carbocycles. The van der Waals surface area contributed by atoms with Crippen molar-refractivity contribution in [2.45, 2.75) is 0 Å². The Morgan fingerprint density at radius 3 is 2.45 bits per heavy atom. The van der Waals surface area contributed by atoms with E-state index in [1.807, 2.05) is 36.5 Å². The van der Waals surface area contributed by atoms with E-state index >= 15 is 0 Å². The third-order valence-corrected chi connectivity index (χ3v) is 5.15. The van der Waals surface area contributed by atoms with Crippen molar-refractivity contribution in [3.05, 3.63) is 111 Å². The Labute approximate surface area is 176 Å². The Bertz CT molecular complexity index is 1550. The highest BCUT2D eigenvalue weighted by molar-refractivity contribution is 5.91. The van der Waals surface area contributed by atoms with E-state index in [-0.39, 0.29) is 16.9 Å². The van der Waals surface area contributed by atoms with Gasteiger partial charge in [0.25, 0.3) is 11.2 Å². The van der Waals surface area contributed by atoms with Crippen molar-refractivity contribution in [2.75, 3.05) is 0 Å². The van der Waals surface area contributed by atoms with Gasteiger partial charge in [0, 0.05) is 23.2 Å². The third kappa shape index (κ3) is 3.18. The van der Waals surface area contributed by atoms with Crippen LogP contribution in [-0.2, 0) is 0 Å². The minimum absolute atomic E-state index is 0.163. The van der Waals surface area contributed by atoms with Crippen LogP contribution in [0.3, 0.4) is 0 Å². The van der Waals surface area contributed by atoms with Crippen LogP contribution in [0.1, 0.15) is 11.4 Å². The molecule has 5 aromatic rings. The number of fused-ring (bicyclic) bond motifs is 2. The van der Waals surface area contributed by atoms with E-state index in [1.165, 1.54) is 10.6 Å². The van der Waals surface area contributed by atoms with Gasteiger partial charge in [-0.05, 0) is 42.0 Å². The first kappa shape index (κ1) is 18.5. The summed E-state index contributed by atoms with van der Waals surface area (Å²) in [6.07, 6.45) is 5.43. The Kier molecular flexibility index (Phi) is 4.41. The zero-order valence-corrected chi connectivity index (χ0v) is 16.2. The van der Waals surface area contributed by atoms with Gasteiger partial charge < -0.3 is 4.98 Å². The number of aromatic nitrogens is 3. The molecule has 0 saturated heterocycles. The van der Waals surface area contributed by atoms with Crippen LogP contribution in [0.25, 0.3) is 39.6 Å². The minimum atomic E-state index is -0.496. The summed E-state index contributed by atoms with van der Waals surface area (Å²) in [5.41, 5.74) is 2.09. The maximum Gasteiger partial charge on any atom is 0.293 e. The minimum Gasteiger partial charge on any atom is -0.361 e. The molecule has 7 heteroatoms. The fraction of sp³-hybridized carbons (Fsp3) is 0. The normalized spacial score (nSPS) is 11.5. The van der Waals surface area contributed by atoms with E-state index in [0.717, 1.165) is 16.5 Å². The molecule has 0 aliphatic heterocycles. The summed E-state index contributed by atoms with van der Waals surface area (Å²) >= 11 is 0. The summed E-state index contributed by atoms with van der Waals surface area (Å²) in [6.45, 7) is 0. The molecule has 0 unspecified atom stereocenters. The van der Waals surface area contributed by atoms with E-state index in [9.17, 15) is 14.9 Å². The number of nitro benzene ring substituents is 1. The van der Waals surface area contributed by atoms with E-state index < -0.39 is 4.92 Å². The smallest absolute Gasteiger partial charge is 0.293 e. The van der Waals surface area contributed by atoms with E-state index in [4.69, 9.17) is 0 Å². The zero-order chi connectivity index (χ0) is 21.4. The standard InChI is InChI=1S/C24H16N4O3/c29-24-18-8-2-4-10-20(18)26-23(27(24)21-11-5-6-12-22(21)28(30)31)14-13-16-15-25-19-9-3-1-7-17(16)19/h1-15,25H. The molecule has 0 radical (unpaired) electrons. The van der Waals surface area contributed by atoms with Gasteiger partial charge in [0.1, 0.15) is 11.5 Å². The van der Waals surface area contributed by atoms with Crippen molar-refractivity contribution < 1.29 is 4.92 Å². The van der Waals surface area contributed by atoms with Gasteiger partial charge in [0.2, 0.25) is 0 Å². The van der Waals surface area contributed by atoms with E-state index in [0.29, 0.717) is 16.7 Å². The first-order valence-electron chi connectivity index (χ1n) is 9.63. The first-order chi connectivity index (χ1) is 15.1. The summed E-state index contributed by atoms with van der Waals surface area (Å²) in [5.74, 6) is 0.309. The van der Waals surface area contributed by atoms with Crippen molar-refractivity contribution in [3.8, 4) is 5.69 Å². The zero-order valence-electron chi connectivity index (χ0n) is 16.2. The maximum absolute atomic E-state index is 13.4. The number of rotatable bonds is 4. The van der Waals surface area contributed by atoms with Crippen LogP contribution >= 0.6 is 0 Å². The Balaban J connectivity index is 1.77. The molecule has 0 spiro atoms. The van der Waals surface area contributed by atoms with Crippen LogP contribution in [-0.4, -0.2) is 19.5 Å². The number of para-hydroxylation sites is 4. The molecular formula is C24H16N4O3. The van der Waals surface area contributed by atoms with E-state index in [2.05, 4.69) is 9.97 Å². The number of aromatic amines is 1. The fourth-order valence-corrected chi connectivity index (χ4v) is 3.70. The van der Waals surface area contributed by atoms with Crippen molar-refractivity contribution >= 4 is 39.6 Å². The predicted octanol–water partition coefficient (Wildman–Crippen LogP) is 4.95. The summed E-state index contributed by atoms with van der Waals surface area (Å²) in [5, 5.41) is 13.0. The van der Waals surface area contributed by atoms with Gasteiger partial charge >= 0.3 is 0 Å². The molecule has 0 amide bonds. The Hall–Kier alpha value is -4.52. The highest BCUT2D eigenvalue weighted by atomic mass is 16.6. The number of benzene rings is 3. The number of hydrogen-bond acceptors (Lipinski definition) is 4. The molecule has 2 heterocycles. The molecule has 0 aliphatic rings. The Morgan fingerprint density at radius 2 is 1.61 bits per heavy atom. The fourth-order valence-electron chi connectivity index (χ4n) is 3.70. The molecule has 0 bridgehead atoms. The summed E-state index contributed by atoms with van der Waals surface area (Å²) < 4.78 is 1.30. The van der Waals surface area contributed by atoms with Crippen LogP contribution in [0.2, 0.25) is 0 Å². The van der Waals surface area contributed by atoms with Crippen molar-refractivity contribution in [1.82, 2.24) is 14.5 Å². The average Bonchev–Trinajstić information content (AvgIpc) is 3.21. The average molecular weight is 408 g/mol. The molecule has 7 nitrogen and oxygen atoms in total. The number of nitro groups is 1. The lowest BCUT2D eigenvalue weighted by atomic mass is 10.1. The highest BCUT2D eigenvalue weighted by Gasteiger charge is 2.19. The largest absolute Gasteiger partial charge is 0.361 e. The van der Waals surface area contributed by atoms with Crippen LogP contribution in [0.5, 0.6) is 0 Å². The first-order valence-corrected chi connectivity index (χ1v) is 9.63. The van der Waals surface area contributed by atoms with Crippen LogP contribution in [0.4, 0.5) is 5.69 Å². The van der Waals surface area contributed by atoms with Gasteiger partial charge in [-0.3, -0.25) is 19.5 Å².